The van der Waals surface area contributed by atoms with E-state index in [9.17, 15) is 4.79 Å². The third kappa shape index (κ3) is 3.92. The molecule has 2 aliphatic heterocycles. The number of hydrogen-bond donors (Lipinski definition) is 1. The summed E-state index contributed by atoms with van der Waals surface area (Å²) in [6, 6.07) is 10.4. The molecule has 0 atom stereocenters. The second-order valence-electron chi connectivity index (χ2n) is 7.03. The lowest BCUT2D eigenvalue weighted by molar-refractivity contribution is -0.130. The fraction of sp³-hybridized carbons (Fsp3) is 0.364. The second kappa shape index (κ2) is 8.31. The Morgan fingerprint density at radius 2 is 1.86 bits per heavy atom. The van der Waals surface area contributed by atoms with Crippen molar-refractivity contribution in [3.8, 4) is 23.6 Å². The number of pyridine rings is 1. The maximum absolute atomic E-state index is 11.9. The summed E-state index contributed by atoms with van der Waals surface area (Å²) < 4.78 is 0. The third-order valence-electron chi connectivity index (χ3n) is 5.28. The van der Waals surface area contributed by atoms with Gasteiger partial charge in [-0.3, -0.25) is 14.8 Å². The number of carbonyl (C=O) groups is 1. The van der Waals surface area contributed by atoms with E-state index in [0.29, 0.717) is 26.2 Å². The monoisotopic (exact) mass is 388 g/mol. The minimum Gasteiger partial charge on any atom is -0.371 e. The molecule has 7 heteroatoms. The largest absolute Gasteiger partial charge is 0.371 e. The van der Waals surface area contributed by atoms with Crippen LogP contribution in [0.25, 0.3) is 11.3 Å². The minimum atomic E-state index is 0.0402. The van der Waals surface area contributed by atoms with Crippen LogP contribution < -0.4 is 20.9 Å². The van der Waals surface area contributed by atoms with Crippen LogP contribution in [-0.4, -0.2) is 62.1 Å². The molecule has 0 saturated carbocycles. The fourth-order valence-corrected chi connectivity index (χ4v) is 3.71. The van der Waals surface area contributed by atoms with Crippen LogP contribution in [0.15, 0.2) is 40.3 Å². The Kier molecular flexibility index (Phi) is 5.43. The van der Waals surface area contributed by atoms with Crippen LogP contribution in [0, 0.1) is 12.3 Å². The molecule has 0 unspecified atom stereocenters. The molecule has 2 aliphatic rings. The average molecular weight is 388 g/mol. The number of benzene rings is 1. The molecule has 0 radical (unpaired) electrons. The van der Waals surface area contributed by atoms with E-state index < -0.39 is 0 Å². The highest BCUT2D eigenvalue weighted by atomic mass is 16.2. The molecule has 1 aromatic heterocycles. The zero-order valence-electron chi connectivity index (χ0n) is 16.6. The van der Waals surface area contributed by atoms with Crippen molar-refractivity contribution in [1.29, 1.82) is 0 Å². The molecule has 2 aromatic rings. The molecule has 1 aromatic carbocycles. The molecule has 1 saturated heterocycles. The number of anilines is 2. The Morgan fingerprint density at radius 1 is 1.14 bits per heavy atom. The zero-order valence-corrected chi connectivity index (χ0v) is 16.6. The van der Waals surface area contributed by atoms with Crippen LogP contribution >= 0.6 is 0 Å². The molecule has 0 bridgehead atoms. The number of nitrogens with zero attached hydrogens (tertiary/aromatic N) is 5. The van der Waals surface area contributed by atoms with Crippen molar-refractivity contribution in [2.75, 3.05) is 56.5 Å². The molecule has 1 amide bonds. The smallest absolute Gasteiger partial charge is 0.234 e. The topological polar surface area (TPSA) is 73.2 Å². The van der Waals surface area contributed by atoms with Crippen molar-refractivity contribution in [3.05, 3.63) is 41.0 Å². The minimum absolute atomic E-state index is 0.0402. The maximum Gasteiger partial charge on any atom is 0.234 e. The van der Waals surface area contributed by atoms with E-state index in [-0.39, 0.29) is 12.3 Å². The molecular formula is C22H24N6O. The predicted octanol–water partition coefficient (Wildman–Crippen LogP) is 0.715. The van der Waals surface area contributed by atoms with E-state index in [1.54, 1.807) is 0 Å². The quantitative estimate of drug-likeness (QED) is 0.784. The summed E-state index contributed by atoms with van der Waals surface area (Å²) in [7, 11) is 1.85. The molecular weight excluding hydrogens is 364 g/mol. The average Bonchev–Trinajstić information content (AvgIpc) is 2.78. The molecule has 29 heavy (non-hydrogen) atoms. The van der Waals surface area contributed by atoms with Crippen molar-refractivity contribution >= 4 is 17.4 Å². The summed E-state index contributed by atoms with van der Waals surface area (Å²) >= 11 is 0. The van der Waals surface area contributed by atoms with Crippen molar-refractivity contribution in [3.63, 3.8) is 0 Å². The van der Waals surface area contributed by atoms with Gasteiger partial charge in [-0.05, 0) is 18.2 Å². The molecule has 1 N–H and O–H groups in total. The third-order valence-corrected chi connectivity index (χ3v) is 5.28. The van der Waals surface area contributed by atoms with Crippen molar-refractivity contribution in [1.82, 2.24) is 9.88 Å². The van der Waals surface area contributed by atoms with Crippen LogP contribution in [0.5, 0.6) is 0 Å². The number of amides is 1. The number of aromatic nitrogens is 1. The van der Waals surface area contributed by atoms with Crippen LogP contribution in [0.2, 0.25) is 0 Å². The van der Waals surface area contributed by atoms with Gasteiger partial charge in [0.1, 0.15) is 5.36 Å². The lowest BCUT2D eigenvalue weighted by Crippen LogP contribution is -2.48. The van der Waals surface area contributed by atoms with Gasteiger partial charge in [-0.25, -0.2) is 4.98 Å². The Bertz CT molecular complexity index is 1060. The SMILES string of the molecule is C#CCC(=O)N1CCN(c2ccc(-c3cc4c(c(NC)n3)=NCCN=4)cc2)CC1. The second-order valence-corrected chi connectivity index (χ2v) is 7.03. The predicted molar refractivity (Wildman–Crippen MR) is 114 cm³/mol. The highest BCUT2D eigenvalue weighted by molar-refractivity contribution is 5.79. The van der Waals surface area contributed by atoms with Crippen LogP contribution in [0.3, 0.4) is 0 Å². The summed E-state index contributed by atoms with van der Waals surface area (Å²) in [6.07, 6.45) is 5.42. The van der Waals surface area contributed by atoms with E-state index in [1.807, 2.05) is 18.0 Å². The number of terminal acetylenes is 1. The van der Waals surface area contributed by atoms with Gasteiger partial charge in [0, 0.05) is 44.5 Å². The van der Waals surface area contributed by atoms with Crippen molar-refractivity contribution in [2.45, 2.75) is 6.42 Å². The molecule has 1 fully saturated rings. The lowest BCUT2D eigenvalue weighted by Gasteiger charge is -2.36. The summed E-state index contributed by atoms with van der Waals surface area (Å²) in [4.78, 5) is 29.9. The highest BCUT2D eigenvalue weighted by Crippen LogP contribution is 2.22. The summed E-state index contributed by atoms with van der Waals surface area (Å²) in [5.74, 6) is 3.23. The van der Waals surface area contributed by atoms with Gasteiger partial charge in [0.15, 0.2) is 5.82 Å². The van der Waals surface area contributed by atoms with Gasteiger partial charge < -0.3 is 15.1 Å². The zero-order chi connectivity index (χ0) is 20.2. The van der Waals surface area contributed by atoms with Gasteiger partial charge in [0.2, 0.25) is 5.91 Å². The Morgan fingerprint density at radius 3 is 2.55 bits per heavy atom. The summed E-state index contributed by atoms with van der Waals surface area (Å²) in [5, 5.41) is 4.87. The highest BCUT2D eigenvalue weighted by Gasteiger charge is 2.20. The van der Waals surface area contributed by atoms with Crippen molar-refractivity contribution in [2.24, 2.45) is 9.98 Å². The summed E-state index contributed by atoms with van der Waals surface area (Å²) in [6.45, 7) is 4.43. The van der Waals surface area contributed by atoms with Gasteiger partial charge in [-0.1, -0.05) is 18.1 Å². The molecule has 148 valence electrons. The van der Waals surface area contributed by atoms with Gasteiger partial charge in [0.25, 0.3) is 0 Å². The van der Waals surface area contributed by atoms with E-state index >= 15 is 0 Å². The Hall–Kier alpha value is -3.40. The Labute approximate surface area is 170 Å². The van der Waals surface area contributed by atoms with E-state index in [1.165, 1.54) is 0 Å². The number of rotatable bonds is 4. The first-order valence-corrected chi connectivity index (χ1v) is 9.84. The van der Waals surface area contributed by atoms with Crippen LogP contribution in [0.1, 0.15) is 6.42 Å². The van der Waals surface area contributed by atoms with Crippen molar-refractivity contribution < 1.29 is 4.79 Å². The molecule has 3 heterocycles. The standard InChI is InChI=1S/C22H24N6O/c1-3-4-20(29)28-13-11-27(12-14-28)17-7-5-16(6-8-17)18-15-19-21(22(23-2)26-18)25-10-9-24-19/h1,5-8,15H,4,9-14H2,2H3,(H,23,26). The first kappa shape index (κ1) is 18.9. The van der Waals surface area contributed by atoms with E-state index in [2.05, 4.69) is 50.4 Å². The number of carbonyl (C=O) groups excluding carboxylic acids is 1. The molecule has 4 rings (SSSR count). The van der Waals surface area contributed by atoms with Gasteiger partial charge >= 0.3 is 0 Å². The number of hydrogen-bond acceptors (Lipinski definition) is 6. The van der Waals surface area contributed by atoms with Gasteiger partial charge in [0.05, 0.1) is 30.6 Å². The van der Waals surface area contributed by atoms with E-state index in [4.69, 9.17) is 11.4 Å². The van der Waals surface area contributed by atoms with Crippen LogP contribution in [-0.2, 0) is 4.79 Å². The van der Waals surface area contributed by atoms with Gasteiger partial charge in [-0.15, -0.1) is 6.42 Å². The maximum atomic E-state index is 11.9. The Balaban J connectivity index is 1.51. The molecule has 0 aliphatic carbocycles. The van der Waals surface area contributed by atoms with Gasteiger partial charge in [-0.2, -0.15) is 0 Å². The molecule has 7 nitrogen and oxygen atoms in total. The summed E-state index contributed by atoms with van der Waals surface area (Å²) in [5.41, 5.74) is 3.06. The fourth-order valence-electron chi connectivity index (χ4n) is 3.71. The molecule has 0 spiro atoms. The van der Waals surface area contributed by atoms with Crippen LogP contribution in [0.4, 0.5) is 11.5 Å². The van der Waals surface area contributed by atoms with E-state index in [0.717, 1.165) is 46.6 Å². The lowest BCUT2D eigenvalue weighted by atomic mass is 10.1. The first-order chi connectivity index (χ1) is 14.2. The number of nitrogens with one attached hydrogen (secondary N) is 1. The normalized spacial score (nSPS) is 15.6. The number of piperazine rings is 1. The number of fused-ring (bicyclic) bond motifs is 1. The first-order valence-electron chi connectivity index (χ1n) is 9.84.